The SMILES string of the molecule is NC(=O)c1ccc(C(=O)N2CC(CCl)c3c2cc(OP(=O)(OCc2ccccc2)OCc2ccccc2)c2ccccc32)s1. The van der Waals surface area contributed by atoms with Crippen LogP contribution in [-0.4, -0.2) is 24.2 Å². The van der Waals surface area contributed by atoms with Gasteiger partial charge in [0, 0.05) is 29.8 Å². The summed E-state index contributed by atoms with van der Waals surface area (Å²) in [6.07, 6.45) is 0. The van der Waals surface area contributed by atoms with E-state index in [1.165, 1.54) is 6.07 Å². The number of alkyl halides is 1. The number of halogens is 1. The molecule has 1 aliphatic rings. The van der Waals surface area contributed by atoms with Crippen molar-refractivity contribution >= 4 is 59.0 Å². The minimum atomic E-state index is -4.21. The zero-order valence-electron chi connectivity index (χ0n) is 23.4. The van der Waals surface area contributed by atoms with E-state index in [0.717, 1.165) is 33.4 Å². The van der Waals surface area contributed by atoms with Gasteiger partial charge in [0.05, 0.1) is 28.7 Å². The average Bonchev–Trinajstić information content (AvgIpc) is 3.70. The first-order chi connectivity index (χ1) is 21.3. The fourth-order valence-electron chi connectivity index (χ4n) is 5.19. The van der Waals surface area contributed by atoms with Crippen molar-refractivity contribution in [3.05, 3.63) is 130 Å². The molecule has 0 bridgehead atoms. The molecule has 0 spiro atoms. The van der Waals surface area contributed by atoms with E-state index in [1.54, 1.807) is 17.0 Å². The Bertz CT molecular complexity index is 1820. The van der Waals surface area contributed by atoms with E-state index in [0.29, 0.717) is 22.5 Å². The summed E-state index contributed by atoms with van der Waals surface area (Å²) < 4.78 is 32.3. The van der Waals surface area contributed by atoms with E-state index in [9.17, 15) is 14.2 Å². The van der Waals surface area contributed by atoms with Crippen LogP contribution in [0.1, 0.15) is 42.0 Å². The highest BCUT2D eigenvalue weighted by Gasteiger charge is 2.37. The van der Waals surface area contributed by atoms with Gasteiger partial charge < -0.3 is 15.2 Å². The Balaban J connectivity index is 1.40. The van der Waals surface area contributed by atoms with Crippen molar-refractivity contribution < 1.29 is 27.7 Å². The van der Waals surface area contributed by atoms with Crippen LogP contribution in [0.25, 0.3) is 10.8 Å². The molecule has 1 aromatic heterocycles. The summed E-state index contributed by atoms with van der Waals surface area (Å²) in [5, 5.41) is 1.48. The third kappa shape index (κ3) is 6.29. The summed E-state index contributed by atoms with van der Waals surface area (Å²) in [6, 6.07) is 31.0. The van der Waals surface area contributed by atoms with E-state index in [1.807, 2.05) is 84.9 Å². The molecule has 11 heteroatoms. The van der Waals surface area contributed by atoms with E-state index >= 15 is 0 Å². The van der Waals surface area contributed by atoms with Gasteiger partial charge in [-0.25, -0.2) is 4.57 Å². The second kappa shape index (κ2) is 12.9. The number of benzene rings is 4. The van der Waals surface area contributed by atoms with Gasteiger partial charge in [-0.2, -0.15) is 0 Å². The number of nitrogens with two attached hydrogens (primary N) is 1. The summed E-state index contributed by atoms with van der Waals surface area (Å²) in [7, 11) is -4.21. The zero-order chi connectivity index (χ0) is 30.7. The topological polar surface area (TPSA) is 108 Å². The van der Waals surface area contributed by atoms with E-state index in [4.69, 9.17) is 30.9 Å². The minimum absolute atomic E-state index is 0.00467. The van der Waals surface area contributed by atoms with Crippen LogP contribution in [0.2, 0.25) is 0 Å². The lowest BCUT2D eigenvalue weighted by Gasteiger charge is -2.22. The quantitative estimate of drug-likeness (QED) is 0.115. The maximum atomic E-state index is 14.3. The Labute approximate surface area is 263 Å². The lowest BCUT2D eigenvalue weighted by molar-refractivity contribution is 0.0989. The number of primary amides is 1. The molecule has 1 unspecified atom stereocenters. The smallest absolute Gasteiger partial charge is 0.403 e. The molecule has 0 aliphatic carbocycles. The molecule has 8 nitrogen and oxygen atoms in total. The second-order valence-electron chi connectivity index (χ2n) is 10.2. The highest BCUT2D eigenvalue weighted by Crippen LogP contribution is 2.54. The highest BCUT2D eigenvalue weighted by atomic mass is 35.5. The molecule has 2 amide bonds. The molecule has 0 fully saturated rings. The second-order valence-corrected chi connectivity index (χ2v) is 13.2. The Kier molecular flexibility index (Phi) is 8.84. The van der Waals surface area contributed by atoms with Gasteiger partial charge in [-0.1, -0.05) is 84.9 Å². The Hall–Kier alpha value is -3.98. The summed E-state index contributed by atoms with van der Waals surface area (Å²) in [5.74, 6) is -0.558. The number of hydrogen-bond donors (Lipinski definition) is 1. The number of phosphoric acid groups is 1. The van der Waals surface area contributed by atoms with Crippen molar-refractivity contribution in [1.29, 1.82) is 0 Å². The monoisotopic (exact) mass is 646 g/mol. The van der Waals surface area contributed by atoms with Crippen molar-refractivity contribution in [3.63, 3.8) is 0 Å². The number of nitrogens with zero attached hydrogens (tertiary/aromatic N) is 1. The van der Waals surface area contributed by atoms with Gasteiger partial charge in [0.25, 0.3) is 11.8 Å². The van der Waals surface area contributed by atoms with E-state index in [-0.39, 0.29) is 41.5 Å². The summed E-state index contributed by atoms with van der Waals surface area (Å²) in [4.78, 5) is 27.7. The molecule has 0 saturated heterocycles. The van der Waals surface area contributed by atoms with E-state index in [2.05, 4.69) is 0 Å². The molecule has 0 saturated carbocycles. The van der Waals surface area contributed by atoms with Gasteiger partial charge >= 0.3 is 7.82 Å². The number of phosphoric ester groups is 1. The Morgan fingerprint density at radius 3 is 1.98 bits per heavy atom. The molecule has 1 aliphatic heterocycles. The summed E-state index contributed by atoms with van der Waals surface area (Å²) in [5.41, 5.74) is 8.48. The fraction of sp³-hybridized carbons (Fsp3) is 0.152. The molecule has 0 radical (unpaired) electrons. The molecule has 224 valence electrons. The number of rotatable bonds is 11. The van der Waals surface area contributed by atoms with Crippen molar-refractivity contribution in [2.45, 2.75) is 19.1 Å². The number of amides is 2. The number of anilines is 1. The normalized spacial score (nSPS) is 14.5. The molecule has 4 aromatic carbocycles. The minimum Gasteiger partial charge on any atom is -0.403 e. The van der Waals surface area contributed by atoms with Crippen molar-refractivity contribution in [2.24, 2.45) is 5.73 Å². The predicted molar refractivity (Wildman–Crippen MR) is 173 cm³/mol. The molecule has 1 atom stereocenters. The number of fused-ring (bicyclic) bond motifs is 3. The first-order valence-corrected chi connectivity index (χ1v) is 16.7. The largest absolute Gasteiger partial charge is 0.530 e. The van der Waals surface area contributed by atoms with Crippen LogP contribution in [0.3, 0.4) is 0 Å². The number of carbonyl (C=O) groups excluding carboxylic acids is 2. The van der Waals surface area contributed by atoms with Crippen LogP contribution < -0.4 is 15.2 Å². The highest BCUT2D eigenvalue weighted by molar-refractivity contribution is 7.48. The van der Waals surface area contributed by atoms with Crippen LogP contribution in [0.15, 0.2) is 103 Å². The Morgan fingerprint density at radius 2 is 1.41 bits per heavy atom. The van der Waals surface area contributed by atoms with Crippen LogP contribution >= 0.6 is 30.8 Å². The van der Waals surface area contributed by atoms with E-state index < -0.39 is 13.7 Å². The Morgan fingerprint density at radius 1 is 0.841 bits per heavy atom. The van der Waals surface area contributed by atoms with Gasteiger partial charge in [-0.15, -0.1) is 22.9 Å². The maximum Gasteiger partial charge on any atom is 0.530 e. The molecule has 2 N–H and O–H groups in total. The summed E-state index contributed by atoms with van der Waals surface area (Å²) in [6.45, 7) is 0.312. The molecule has 6 rings (SSSR count). The van der Waals surface area contributed by atoms with Crippen LogP contribution in [0, 0.1) is 0 Å². The fourth-order valence-corrected chi connectivity index (χ4v) is 7.44. The average molecular weight is 647 g/mol. The zero-order valence-corrected chi connectivity index (χ0v) is 25.9. The first-order valence-electron chi connectivity index (χ1n) is 13.8. The summed E-state index contributed by atoms with van der Waals surface area (Å²) >= 11 is 7.46. The van der Waals surface area contributed by atoms with Gasteiger partial charge in [0.1, 0.15) is 5.75 Å². The predicted octanol–water partition coefficient (Wildman–Crippen LogP) is 7.90. The first kappa shape index (κ1) is 30.1. The van der Waals surface area contributed by atoms with Crippen LogP contribution in [0.4, 0.5) is 5.69 Å². The third-order valence-electron chi connectivity index (χ3n) is 7.29. The standard InChI is InChI=1S/C33H28ClN2O6PS/c34-18-24-19-36(33(38)30-16-15-29(44-30)32(35)37)27-17-28(25-13-7-8-14-26(25)31(24)27)42-43(39,40-20-22-9-3-1-4-10-22)41-21-23-11-5-2-6-12-23/h1-17,24H,18-21H2,(H2,35,37). The van der Waals surface area contributed by atoms with Crippen LogP contribution in [-0.2, 0) is 26.8 Å². The molecule has 5 aromatic rings. The third-order valence-corrected chi connectivity index (χ3v) is 10.1. The van der Waals surface area contributed by atoms with Gasteiger partial charge in [0.15, 0.2) is 0 Å². The number of carbonyl (C=O) groups is 2. The molecular formula is C33H28ClN2O6PS. The molecule has 2 heterocycles. The van der Waals surface area contributed by atoms with Gasteiger partial charge in [-0.3, -0.25) is 18.6 Å². The van der Waals surface area contributed by atoms with Crippen LogP contribution in [0.5, 0.6) is 5.75 Å². The van der Waals surface area contributed by atoms with Crippen molar-refractivity contribution in [1.82, 2.24) is 0 Å². The number of thiophene rings is 1. The number of hydrogen-bond acceptors (Lipinski definition) is 7. The van der Waals surface area contributed by atoms with Gasteiger partial charge in [-0.05, 0) is 34.2 Å². The lowest BCUT2D eigenvalue weighted by Crippen LogP contribution is -2.29. The molecular weight excluding hydrogens is 619 g/mol. The maximum absolute atomic E-state index is 14.3. The lowest BCUT2D eigenvalue weighted by atomic mass is 9.95. The van der Waals surface area contributed by atoms with Crippen molar-refractivity contribution in [2.75, 3.05) is 17.3 Å². The molecule has 44 heavy (non-hydrogen) atoms. The van der Waals surface area contributed by atoms with Gasteiger partial charge in [0.2, 0.25) is 0 Å². The van der Waals surface area contributed by atoms with Crippen molar-refractivity contribution in [3.8, 4) is 5.75 Å².